The highest BCUT2D eigenvalue weighted by molar-refractivity contribution is 7.89. The van der Waals surface area contributed by atoms with Crippen molar-refractivity contribution >= 4 is 39.3 Å². The molecular weight excluding hydrogens is 487 g/mol. The van der Waals surface area contributed by atoms with Crippen LogP contribution in [0.15, 0.2) is 53.4 Å². The summed E-state index contributed by atoms with van der Waals surface area (Å²) in [6.45, 7) is 6.24. The Morgan fingerprint density at radius 1 is 1.15 bits per heavy atom. The number of hydrogen-bond acceptors (Lipinski definition) is 5. The molecule has 33 heavy (non-hydrogen) atoms. The number of carbonyl (C=O) groups excluding carboxylic acids is 1. The van der Waals surface area contributed by atoms with E-state index >= 15 is 0 Å². The van der Waals surface area contributed by atoms with Gasteiger partial charge in [0.05, 0.1) is 27.7 Å². The molecule has 1 fully saturated rings. The number of nitrogens with one attached hydrogen (secondary N) is 1. The van der Waals surface area contributed by atoms with Crippen molar-refractivity contribution in [2.75, 3.05) is 26.2 Å². The summed E-state index contributed by atoms with van der Waals surface area (Å²) in [4.78, 5) is 14.5. The predicted molar refractivity (Wildman–Crippen MR) is 128 cm³/mol. The third kappa shape index (κ3) is 7.07. The summed E-state index contributed by atoms with van der Waals surface area (Å²) in [7, 11) is -3.73. The molecule has 2 unspecified atom stereocenters. The van der Waals surface area contributed by atoms with Crippen LogP contribution in [-0.4, -0.2) is 57.4 Å². The lowest BCUT2D eigenvalue weighted by Crippen LogP contribution is -2.41. The molecule has 2 aromatic carbocycles. The molecule has 0 aliphatic carbocycles. The fourth-order valence-electron chi connectivity index (χ4n) is 3.51. The van der Waals surface area contributed by atoms with Gasteiger partial charge in [-0.2, -0.15) is 0 Å². The maximum absolute atomic E-state index is 12.8. The van der Waals surface area contributed by atoms with Gasteiger partial charge >= 0.3 is 6.09 Å². The summed E-state index contributed by atoms with van der Waals surface area (Å²) in [5, 5.41) is 0.770. The first kappa shape index (κ1) is 25.8. The van der Waals surface area contributed by atoms with Crippen LogP contribution in [0.1, 0.15) is 32.3 Å². The molecule has 1 N–H and O–H groups in total. The van der Waals surface area contributed by atoms with E-state index in [0.717, 1.165) is 5.56 Å². The quantitative estimate of drug-likeness (QED) is 0.625. The van der Waals surface area contributed by atoms with E-state index in [1.165, 1.54) is 12.1 Å². The first-order chi connectivity index (χ1) is 15.5. The van der Waals surface area contributed by atoms with Crippen molar-refractivity contribution in [1.29, 1.82) is 0 Å². The highest BCUT2D eigenvalue weighted by Crippen LogP contribution is 2.31. The maximum atomic E-state index is 12.8. The number of sulfonamides is 1. The van der Waals surface area contributed by atoms with Gasteiger partial charge in [0.2, 0.25) is 10.0 Å². The Morgan fingerprint density at radius 2 is 1.85 bits per heavy atom. The van der Waals surface area contributed by atoms with Crippen LogP contribution in [-0.2, 0) is 19.5 Å². The Kier molecular flexibility index (Phi) is 8.29. The number of carbonyl (C=O) groups is 1. The molecule has 0 radical (unpaired) electrons. The van der Waals surface area contributed by atoms with E-state index in [2.05, 4.69) is 4.72 Å². The zero-order valence-corrected chi connectivity index (χ0v) is 21.1. The number of hydrogen-bond donors (Lipinski definition) is 1. The van der Waals surface area contributed by atoms with Crippen LogP contribution in [0, 0.1) is 0 Å². The number of nitrogens with zero attached hydrogens (tertiary/aromatic N) is 1. The molecule has 1 amide bonds. The van der Waals surface area contributed by atoms with E-state index in [1.807, 2.05) is 0 Å². The molecule has 1 aliphatic heterocycles. The van der Waals surface area contributed by atoms with Crippen LogP contribution in [0.2, 0.25) is 10.0 Å². The van der Waals surface area contributed by atoms with Gasteiger partial charge in [-0.15, -0.1) is 0 Å². The first-order valence-electron chi connectivity index (χ1n) is 10.6. The van der Waals surface area contributed by atoms with Crippen LogP contribution < -0.4 is 4.72 Å². The average molecular weight is 515 g/mol. The van der Waals surface area contributed by atoms with Gasteiger partial charge in [0, 0.05) is 25.6 Å². The minimum absolute atomic E-state index is 0.0182. The molecule has 180 valence electrons. The highest BCUT2D eigenvalue weighted by atomic mass is 35.5. The van der Waals surface area contributed by atoms with Crippen molar-refractivity contribution < 1.29 is 22.7 Å². The van der Waals surface area contributed by atoms with Crippen LogP contribution in [0.4, 0.5) is 4.79 Å². The van der Waals surface area contributed by atoms with E-state index in [9.17, 15) is 13.2 Å². The molecule has 2 atom stereocenters. The van der Waals surface area contributed by atoms with E-state index in [1.54, 1.807) is 62.1 Å². The Bertz CT molecular complexity index is 1070. The zero-order chi connectivity index (χ0) is 24.2. The maximum Gasteiger partial charge on any atom is 0.410 e. The van der Waals surface area contributed by atoms with E-state index < -0.39 is 27.8 Å². The number of benzene rings is 2. The smallest absolute Gasteiger partial charge is 0.410 e. The molecule has 1 saturated heterocycles. The minimum Gasteiger partial charge on any atom is -0.444 e. The molecule has 10 heteroatoms. The third-order valence-electron chi connectivity index (χ3n) is 5.11. The number of halogens is 2. The first-order valence-corrected chi connectivity index (χ1v) is 12.8. The molecule has 1 heterocycles. The van der Waals surface area contributed by atoms with Gasteiger partial charge in [-0.25, -0.2) is 17.9 Å². The van der Waals surface area contributed by atoms with Crippen LogP contribution >= 0.6 is 23.2 Å². The average Bonchev–Trinajstić information content (AvgIpc) is 2.96. The molecule has 1 aliphatic rings. The third-order valence-corrected chi connectivity index (χ3v) is 7.29. The van der Waals surface area contributed by atoms with Crippen LogP contribution in [0.5, 0.6) is 0 Å². The molecule has 2 aromatic rings. The SMILES string of the molecule is CC(C)(C)OC(=O)N1CCOC(CNS(=O)(=O)c2ccccc2)C(c2ccc(Cl)c(Cl)c2)C1. The Labute approximate surface area is 205 Å². The summed E-state index contributed by atoms with van der Waals surface area (Å²) < 4.78 is 39.7. The summed E-state index contributed by atoms with van der Waals surface area (Å²) in [5.74, 6) is -0.367. The second-order valence-corrected chi connectivity index (χ2v) is 11.4. The topological polar surface area (TPSA) is 84.9 Å². The molecule has 0 aromatic heterocycles. The summed E-state index contributed by atoms with van der Waals surface area (Å²) in [6.07, 6.45) is -1.00. The lowest BCUT2D eigenvalue weighted by Gasteiger charge is -2.30. The second-order valence-electron chi connectivity index (χ2n) is 8.78. The fourth-order valence-corrected chi connectivity index (χ4v) is 4.88. The normalized spacial score (nSPS) is 19.7. The van der Waals surface area contributed by atoms with Gasteiger partial charge < -0.3 is 14.4 Å². The fraction of sp³-hybridized carbons (Fsp3) is 0.435. The molecule has 0 bridgehead atoms. The molecular formula is C23H28Cl2N2O5S. The van der Waals surface area contributed by atoms with E-state index in [0.29, 0.717) is 16.6 Å². The Balaban J connectivity index is 1.85. The van der Waals surface area contributed by atoms with Crippen molar-refractivity contribution in [1.82, 2.24) is 9.62 Å². The van der Waals surface area contributed by atoms with Crippen molar-refractivity contribution in [3.05, 3.63) is 64.1 Å². The van der Waals surface area contributed by atoms with Crippen molar-refractivity contribution in [3.63, 3.8) is 0 Å². The summed E-state index contributed by atoms with van der Waals surface area (Å²) in [5.41, 5.74) is 0.136. The lowest BCUT2D eigenvalue weighted by atomic mass is 9.93. The van der Waals surface area contributed by atoms with E-state index in [4.69, 9.17) is 32.7 Å². The summed E-state index contributed by atoms with van der Waals surface area (Å²) >= 11 is 12.3. The number of ether oxygens (including phenoxy) is 2. The van der Waals surface area contributed by atoms with Gasteiger partial charge in [-0.05, 0) is 50.6 Å². The van der Waals surface area contributed by atoms with Crippen LogP contribution in [0.25, 0.3) is 0 Å². The molecule has 0 spiro atoms. The van der Waals surface area contributed by atoms with Gasteiger partial charge in [0.25, 0.3) is 0 Å². The second kappa shape index (κ2) is 10.6. The van der Waals surface area contributed by atoms with Gasteiger partial charge in [-0.1, -0.05) is 47.5 Å². The molecule has 3 rings (SSSR count). The largest absolute Gasteiger partial charge is 0.444 e. The van der Waals surface area contributed by atoms with Crippen molar-refractivity contribution in [2.24, 2.45) is 0 Å². The number of amides is 1. The molecule has 0 saturated carbocycles. The van der Waals surface area contributed by atoms with Crippen molar-refractivity contribution in [3.8, 4) is 0 Å². The Morgan fingerprint density at radius 3 is 2.48 bits per heavy atom. The monoisotopic (exact) mass is 514 g/mol. The minimum atomic E-state index is -3.73. The Hall–Kier alpha value is -1.84. The van der Waals surface area contributed by atoms with E-state index in [-0.39, 0.29) is 30.5 Å². The van der Waals surface area contributed by atoms with Gasteiger partial charge in [-0.3, -0.25) is 0 Å². The van der Waals surface area contributed by atoms with Gasteiger partial charge in [0.1, 0.15) is 5.60 Å². The standard InChI is InChI=1S/C23H28Cl2N2O5S/c1-23(2,3)32-22(28)27-11-12-31-21(14-26-33(29,30)17-7-5-4-6-8-17)18(15-27)16-9-10-19(24)20(25)13-16/h4-10,13,18,21,26H,11-12,14-15H2,1-3H3. The predicted octanol–water partition coefficient (Wildman–Crippen LogP) is 4.69. The molecule has 7 nitrogen and oxygen atoms in total. The number of rotatable bonds is 5. The van der Waals surface area contributed by atoms with Crippen LogP contribution in [0.3, 0.4) is 0 Å². The lowest BCUT2D eigenvalue weighted by molar-refractivity contribution is 0.0233. The zero-order valence-electron chi connectivity index (χ0n) is 18.8. The van der Waals surface area contributed by atoms with Gasteiger partial charge in [0.15, 0.2) is 0 Å². The summed E-state index contributed by atoms with van der Waals surface area (Å²) in [6, 6.07) is 13.3. The van der Waals surface area contributed by atoms with Crippen molar-refractivity contribution in [2.45, 2.75) is 43.3 Å². The highest BCUT2D eigenvalue weighted by Gasteiger charge is 2.34.